The van der Waals surface area contributed by atoms with Crippen molar-refractivity contribution in [3.05, 3.63) is 163 Å². The molecule has 2 heteroatoms. The molecule has 7 aromatic carbocycles. The SMILES string of the molecule is CC1(C)c2ccccc2-c2c1cc1ccccc1c2N(c1ccc(-c2ccccc2)cc1)c1cccc2c1sc1ccccc12. The summed E-state index contributed by atoms with van der Waals surface area (Å²) in [5, 5.41) is 5.14. The topological polar surface area (TPSA) is 3.24 Å². The Morgan fingerprint density at radius 3 is 2.04 bits per heavy atom. The number of hydrogen-bond donors (Lipinski definition) is 0. The Morgan fingerprint density at radius 1 is 0.533 bits per heavy atom. The van der Waals surface area contributed by atoms with Crippen molar-refractivity contribution in [2.45, 2.75) is 19.3 Å². The van der Waals surface area contributed by atoms with E-state index in [0.29, 0.717) is 0 Å². The van der Waals surface area contributed by atoms with E-state index in [-0.39, 0.29) is 5.41 Å². The lowest BCUT2D eigenvalue weighted by atomic mass is 9.81. The quantitative estimate of drug-likeness (QED) is 0.196. The number of nitrogens with zero attached hydrogens (tertiary/aromatic N) is 1. The van der Waals surface area contributed by atoms with E-state index in [2.05, 4.69) is 170 Å². The molecule has 0 atom stereocenters. The van der Waals surface area contributed by atoms with Crippen molar-refractivity contribution in [1.82, 2.24) is 0 Å². The van der Waals surface area contributed by atoms with Crippen LogP contribution in [0.15, 0.2) is 152 Å². The summed E-state index contributed by atoms with van der Waals surface area (Å²) >= 11 is 1.89. The molecule has 8 aromatic rings. The van der Waals surface area contributed by atoms with Crippen molar-refractivity contribution >= 4 is 59.3 Å². The summed E-state index contributed by atoms with van der Waals surface area (Å²) in [6, 6.07) is 55.8. The Bertz CT molecular complexity index is 2400. The van der Waals surface area contributed by atoms with Crippen molar-refractivity contribution in [1.29, 1.82) is 0 Å². The minimum absolute atomic E-state index is 0.114. The van der Waals surface area contributed by atoms with Crippen molar-refractivity contribution in [2.24, 2.45) is 0 Å². The number of thiophene rings is 1. The maximum atomic E-state index is 2.55. The van der Waals surface area contributed by atoms with E-state index in [1.807, 2.05) is 11.3 Å². The first kappa shape index (κ1) is 26.2. The van der Waals surface area contributed by atoms with Gasteiger partial charge in [0.1, 0.15) is 0 Å². The molecule has 0 saturated carbocycles. The molecule has 0 unspecified atom stereocenters. The Kier molecular flexibility index (Phi) is 5.78. The molecule has 1 nitrogen and oxygen atoms in total. The Labute approximate surface area is 267 Å². The lowest BCUT2D eigenvalue weighted by Gasteiger charge is -2.31. The molecule has 0 fully saturated rings. The van der Waals surface area contributed by atoms with Crippen LogP contribution >= 0.6 is 11.3 Å². The monoisotopic (exact) mass is 593 g/mol. The molecule has 0 spiro atoms. The molecule has 45 heavy (non-hydrogen) atoms. The van der Waals surface area contributed by atoms with Crippen LogP contribution in [-0.4, -0.2) is 0 Å². The van der Waals surface area contributed by atoms with Gasteiger partial charge in [-0.2, -0.15) is 0 Å². The van der Waals surface area contributed by atoms with Crippen LogP contribution in [0.1, 0.15) is 25.0 Å². The third-order valence-corrected chi connectivity index (χ3v) is 10.9. The Balaban J connectivity index is 1.40. The molecule has 0 aliphatic heterocycles. The first-order valence-electron chi connectivity index (χ1n) is 15.6. The zero-order valence-electron chi connectivity index (χ0n) is 25.3. The fourth-order valence-corrected chi connectivity index (χ4v) is 8.65. The van der Waals surface area contributed by atoms with Gasteiger partial charge in [0.25, 0.3) is 0 Å². The van der Waals surface area contributed by atoms with Crippen LogP contribution in [-0.2, 0) is 5.41 Å². The molecule has 1 aromatic heterocycles. The second-order valence-corrected chi connectivity index (χ2v) is 13.6. The summed E-state index contributed by atoms with van der Waals surface area (Å²) in [5.41, 5.74) is 11.4. The minimum Gasteiger partial charge on any atom is -0.308 e. The number of benzene rings is 7. The second-order valence-electron chi connectivity index (χ2n) is 12.5. The van der Waals surface area contributed by atoms with Crippen LogP contribution in [0.3, 0.4) is 0 Å². The highest BCUT2D eigenvalue weighted by molar-refractivity contribution is 7.26. The first-order valence-corrected chi connectivity index (χ1v) is 16.4. The average molecular weight is 594 g/mol. The smallest absolute Gasteiger partial charge is 0.0640 e. The molecule has 0 radical (unpaired) electrons. The lowest BCUT2D eigenvalue weighted by Crippen LogP contribution is -2.16. The number of anilines is 3. The molecule has 0 bridgehead atoms. The van der Waals surface area contributed by atoms with Crippen molar-refractivity contribution in [2.75, 3.05) is 4.90 Å². The molecule has 0 amide bonds. The predicted molar refractivity (Wildman–Crippen MR) is 195 cm³/mol. The molecule has 9 rings (SSSR count). The maximum absolute atomic E-state index is 2.55. The molecule has 1 aliphatic carbocycles. The molecule has 0 N–H and O–H groups in total. The van der Waals surface area contributed by atoms with Gasteiger partial charge < -0.3 is 4.90 Å². The molecular formula is C43H31NS. The fourth-order valence-electron chi connectivity index (χ4n) is 7.45. The van der Waals surface area contributed by atoms with Gasteiger partial charge in [0.2, 0.25) is 0 Å². The third-order valence-electron chi connectivity index (χ3n) is 9.65. The normalized spacial score (nSPS) is 13.3. The molecule has 214 valence electrons. The summed E-state index contributed by atoms with van der Waals surface area (Å²) < 4.78 is 2.62. The van der Waals surface area contributed by atoms with E-state index in [4.69, 9.17) is 0 Å². The average Bonchev–Trinajstić information content (AvgIpc) is 3.58. The number of fused-ring (bicyclic) bond motifs is 7. The van der Waals surface area contributed by atoms with Crippen LogP contribution in [0, 0.1) is 0 Å². The van der Waals surface area contributed by atoms with E-state index in [9.17, 15) is 0 Å². The van der Waals surface area contributed by atoms with E-state index in [1.54, 1.807) is 0 Å². The lowest BCUT2D eigenvalue weighted by molar-refractivity contribution is 0.661. The van der Waals surface area contributed by atoms with E-state index >= 15 is 0 Å². The van der Waals surface area contributed by atoms with E-state index < -0.39 is 0 Å². The van der Waals surface area contributed by atoms with Gasteiger partial charge in [-0.3, -0.25) is 0 Å². The predicted octanol–water partition coefficient (Wildman–Crippen LogP) is 12.7. The van der Waals surface area contributed by atoms with Gasteiger partial charge in [-0.1, -0.05) is 135 Å². The molecule has 1 heterocycles. The van der Waals surface area contributed by atoms with Crippen LogP contribution in [0.2, 0.25) is 0 Å². The molecular weight excluding hydrogens is 563 g/mol. The van der Waals surface area contributed by atoms with Gasteiger partial charge in [-0.05, 0) is 63.5 Å². The van der Waals surface area contributed by atoms with Crippen molar-refractivity contribution in [3.8, 4) is 22.3 Å². The van der Waals surface area contributed by atoms with Crippen LogP contribution in [0.25, 0.3) is 53.2 Å². The van der Waals surface area contributed by atoms with E-state index in [1.165, 1.54) is 75.7 Å². The summed E-state index contributed by atoms with van der Waals surface area (Å²) in [7, 11) is 0. The van der Waals surface area contributed by atoms with E-state index in [0.717, 1.165) is 5.69 Å². The van der Waals surface area contributed by atoms with Crippen LogP contribution < -0.4 is 4.90 Å². The summed E-state index contributed by atoms with van der Waals surface area (Å²) in [6.45, 7) is 4.75. The Morgan fingerprint density at radius 2 is 1.20 bits per heavy atom. The Hall–Kier alpha value is -5.18. The standard InChI is InChI=1S/C43H31NS/c1-43(2)36-20-10-8-18-35(36)40-37(43)27-30-15-6-7-16-32(30)41(40)44(31-25-23-29(24-26-31)28-13-4-3-5-14-28)38-21-12-19-34-33-17-9-11-22-39(33)45-42(34)38/h3-27H,1-2H3. The highest BCUT2D eigenvalue weighted by Gasteiger charge is 2.39. The van der Waals surface area contributed by atoms with Gasteiger partial charge >= 0.3 is 0 Å². The highest BCUT2D eigenvalue weighted by atomic mass is 32.1. The summed E-state index contributed by atoms with van der Waals surface area (Å²) in [5.74, 6) is 0. The summed E-state index contributed by atoms with van der Waals surface area (Å²) in [4.78, 5) is 2.55. The maximum Gasteiger partial charge on any atom is 0.0640 e. The van der Waals surface area contributed by atoms with Gasteiger partial charge in [-0.25, -0.2) is 0 Å². The van der Waals surface area contributed by atoms with Crippen LogP contribution in [0.4, 0.5) is 17.1 Å². The fraction of sp³-hybridized carbons (Fsp3) is 0.0698. The van der Waals surface area contributed by atoms with Gasteiger partial charge in [0, 0.05) is 37.5 Å². The first-order chi connectivity index (χ1) is 22.1. The van der Waals surface area contributed by atoms with Crippen molar-refractivity contribution < 1.29 is 0 Å². The van der Waals surface area contributed by atoms with Crippen LogP contribution in [0.5, 0.6) is 0 Å². The minimum atomic E-state index is -0.114. The zero-order valence-corrected chi connectivity index (χ0v) is 26.1. The van der Waals surface area contributed by atoms with Gasteiger partial charge in [0.05, 0.1) is 16.1 Å². The summed E-state index contributed by atoms with van der Waals surface area (Å²) in [6.07, 6.45) is 0. The zero-order chi connectivity index (χ0) is 30.1. The number of hydrogen-bond acceptors (Lipinski definition) is 2. The highest BCUT2D eigenvalue weighted by Crippen LogP contribution is 2.57. The molecule has 1 aliphatic rings. The molecule has 0 saturated heterocycles. The van der Waals surface area contributed by atoms with Gasteiger partial charge in [0.15, 0.2) is 0 Å². The van der Waals surface area contributed by atoms with Crippen molar-refractivity contribution in [3.63, 3.8) is 0 Å². The number of rotatable bonds is 4. The largest absolute Gasteiger partial charge is 0.308 e. The third kappa shape index (κ3) is 3.92. The van der Waals surface area contributed by atoms with Gasteiger partial charge in [-0.15, -0.1) is 11.3 Å². The second kappa shape index (κ2) is 9.92.